The number of nitrogens with one attached hydrogen (secondary N) is 1. The predicted octanol–water partition coefficient (Wildman–Crippen LogP) is 6.19. The number of hydrogen-bond donors (Lipinski definition) is 2. The molecular formula is C15H13ClINOS. The summed E-state index contributed by atoms with van der Waals surface area (Å²) in [6.07, 6.45) is 1.90. The summed E-state index contributed by atoms with van der Waals surface area (Å²) in [5, 5.41) is 1.67. The highest BCUT2D eigenvalue weighted by Gasteiger charge is 2.07. The van der Waals surface area contributed by atoms with Gasteiger partial charge >= 0.3 is 0 Å². The number of ether oxygens (including phenoxy) is 1. The molecule has 3 aromatic rings. The van der Waals surface area contributed by atoms with Crippen molar-refractivity contribution in [3.63, 3.8) is 0 Å². The fourth-order valence-corrected chi connectivity index (χ4v) is 2.11. The molecule has 0 aliphatic carbocycles. The molecule has 0 aliphatic heterocycles. The average molecular weight is 418 g/mol. The van der Waals surface area contributed by atoms with Crippen LogP contribution in [0.2, 0.25) is 5.02 Å². The van der Waals surface area contributed by atoms with Crippen LogP contribution in [-0.4, -0.2) is 4.98 Å². The molecule has 104 valence electrons. The van der Waals surface area contributed by atoms with E-state index in [4.69, 9.17) is 16.3 Å². The minimum atomic E-state index is 0.619. The molecule has 0 bridgehead atoms. The Bertz CT molecular complexity index is 714. The van der Waals surface area contributed by atoms with Crippen molar-refractivity contribution in [2.75, 3.05) is 0 Å². The van der Waals surface area contributed by atoms with Crippen molar-refractivity contribution in [2.24, 2.45) is 0 Å². The van der Waals surface area contributed by atoms with Crippen LogP contribution in [0.3, 0.4) is 0 Å². The van der Waals surface area contributed by atoms with Crippen molar-refractivity contribution in [2.45, 2.75) is 6.92 Å². The van der Waals surface area contributed by atoms with Crippen molar-refractivity contribution in [1.29, 1.82) is 0 Å². The second kappa shape index (κ2) is 7.24. The third-order valence-corrected chi connectivity index (χ3v) is 3.17. The normalized spacial score (nSPS) is 10.0. The fourth-order valence-electron chi connectivity index (χ4n) is 1.95. The number of hydrogen-bond acceptors (Lipinski definition) is 2. The van der Waals surface area contributed by atoms with Crippen molar-refractivity contribution in [3.05, 3.63) is 59.2 Å². The highest BCUT2D eigenvalue weighted by Crippen LogP contribution is 2.33. The molecule has 0 saturated heterocycles. The molecule has 20 heavy (non-hydrogen) atoms. The van der Waals surface area contributed by atoms with Crippen LogP contribution in [0, 0.1) is 6.92 Å². The van der Waals surface area contributed by atoms with Crippen LogP contribution >= 0.6 is 42.6 Å². The zero-order valence-electron chi connectivity index (χ0n) is 10.7. The van der Waals surface area contributed by atoms with E-state index in [1.54, 1.807) is 0 Å². The summed E-state index contributed by atoms with van der Waals surface area (Å²) in [6.45, 7) is 2.01. The lowest BCUT2D eigenvalue weighted by molar-refractivity contribution is 0.488. The molecule has 3 rings (SSSR count). The van der Waals surface area contributed by atoms with Gasteiger partial charge in [-0.2, -0.15) is 0 Å². The van der Waals surface area contributed by atoms with E-state index in [0.29, 0.717) is 10.8 Å². The maximum absolute atomic E-state index is 6.14. The summed E-state index contributed by atoms with van der Waals surface area (Å²) < 4.78 is 5.91. The summed E-state index contributed by atoms with van der Waals surface area (Å²) in [6, 6.07) is 13.7. The second-order valence-corrected chi connectivity index (χ2v) is 4.64. The summed E-state index contributed by atoms with van der Waals surface area (Å²) in [5.74, 6) is 1.49. The van der Waals surface area contributed by atoms with Crippen molar-refractivity contribution in [3.8, 4) is 11.5 Å². The molecule has 0 saturated carbocycles. The summed E-state index contributed by atoms with van der Waals surface area (Å²) in [7, 11) is 3.50. The number of H-pyrrole nitrogens is 1. The van der Waals surface area contributed by atoms with E-state index < -0.39 is 0 Å². The van der Waals surface area contributed by atoms with E-state index in [0.717, 1.165) is 22.2 Å². The van der Waals surface area contributed by atoms with E-state index >= 15 is 0 Å². The van der Waals surface area contributed by atoms with Crippen LogP contribution in [0.5, 0.6) is 11.5 Å². The minimum Gasteiger partial charge on any atom is -0.455 e. The SMILES string of the molecule is Cc1ccc(Cl)c(Oc2cccc3[nH]ccc23)c1.SI. The summed E-state index contributed by atoms with van der Waals surface area (Å²) in [5.41, 5.74) is 2.17. The van der Waals surface area contributed by atoms with Gasteiger partial charge in [-0.3, -0.25) is 0 Å². The monoisotopic (exact) mass is 417 g/mol. The molecule has 0 atom stereocenters. The van der Waals surface area contributed by atoms with Gasteiger partial charge in [0.1, 0.15) is 11.5 Å². The Labute approximate surface area is 140 Å². The van der Waals surface area contributed by atoms with Crippen LogP contribution in [0.4, 0.5) is 0 Å². The molecule has 0 fully saturated rings. The Morgan fingerprint density at radius 3 is 2.70 bits per heavy atom. The molecule has 0 radical (unpaired) electrons. The smallest absolute Gasteiger partial charge is 0.146 e. The Kier molecular flexibility index (Phi) is 5.63. The van der Waals surface area contributed by atoms with Crippen molar-refractivity contribution < 1.29 is 4.74 Å². The number of aromatic nitrogens is 1. The van der Waals surface area contributed by atoms with Gasteiger partial charge in [0.15, 0.2) is 0 Å². The molecule has 1 aromatic heterocycles. The van der Waals surface area contributed by atoms with Crippen LogP contribution in [0.15, 0.2) is 48.7 Å². The van der Waals surface area contributed by atoms with Crippen LogP contribution < -0.4 is 4.74 Å². The van der Waals surface area contributed by atoms with E-state index in [9.17, 15) is 0 Å². The number of thiol groups is 1. The van der Waals surface area contributed by atoms with Gasteiger partial charge in [0.2, 0.25) is 0 Å². The Morgan fingerprint density at radius 2 is 1.90 bits per heavy atom. The van der Waals surface area contributed by atoms with Gasteiger partial charge in [0.05, 0.1) is 5.02 Å². The first kappa shape index (κ1) is 15.5. The average Bonchev–Trinajstić information content (AvgIpc) is 2.95. The third kappa shape index (κ3) is 3.42. The van der Waals surface area contributed by atoms with Crippen molar-refractivity contribution in [1.82, 2.24) is 4.98 Å². The third-order valence-electron chi connectivity index (χ3n) is 2.86. The van der Waals surface area contributed by atoms with Gasteiger partial charge in [0.25, 0.3) is 0 Å². The van der Waals surface area contributed by atoms with Crippen molar-refractivity contribution >= 4 is 53.5 Å². The zero-order chi connectivity index (χ0) is 14.5. The molecule has 2 nitrogen and oxygen atoms in total. The lowest BCUT2D eigenvalue weighted by Gasteiger charge is -2.09. The van der Waals surface area contributed by atoms with Gasteiger partial charge < -0.3 is 9.72 Å². The van der Waals surface area contributed by atoms with Gasteiger partial charge in [-0.25, -0.2) is 0 Å². The minimum absolute atomic E-state index is 0.619. The number of aryl methyl sites for hydroxylation is 1. The number of benzene rings is 2. The zero-order valence-corrected chi connectivity index (χ0v) is 14.5. The highest BCUT2D eigenvalue weighted by atomic mass is 127. The van der Waals surface area contributed by atoms with Gasteiger partial charge in [-0.15, -0.1) is 9.80 Å². The van der Waals surface area contributed by atoms with Crippen LogP contribution in [0.25, 0.3) is 10.9 Å². The largest absolute Gasteiger partial charge is 0.455 e. The fraction of sp³-hybridized carbons (Fsp3) is 0.0667. The lowest BCUT2D eigenvalue weighted by atomic mass is 10.2. The second-order valence-electron chi connectivity index (χ2n) is 4.23. The molecule has 5 heteroatoms. The topological polar surface area (TPSA) is 25.0 Å². The van der Waals surface area contributed by atoms with Crippen LogP contribution in [-0.2, 0) is 0 Å². The van der Waals surface area contributed by atoms with E-state index in [-0.39, 0.29) is 0 Å². The summed E-state index contributed by atoms with van der Waals surface area (Å²) >= 11 is 7.98. The maximum atomic E-state index is 6.14. The first-order valence-corrected chi connectivity index (χ1v) is 9.52. The van der Waals surface area contributed by atoms with E-state index in [1.165, 1.54) is 0 Å². The Morgan fingerprint density at radius 1 is 1.10 bits per heavy atom. The quantitative estimate of drug-likeness (QED) is 0.377. The Balaban J connectivity index is 0.000000704. The molecule has 0 unspecified atom stereocenters. The van der Waals surface area contributed by atoms with E-state index in [1.807, 2.05) is 76.8 Å². The lowest BCUT2D eigenvalue weighted by Crippen LogP contribution is -1.87. The molecule has 0 amide bonds. The highest BCUT2D eigenvalue weighted by molar-refractivity contribution is 14.2. The number of rotatable bonds is 2. The predicted molar refractivity (Wildman–Crippen MR) is 97.6 cm³/mol. The molecule has 1 N–H and O–H groups in total. The summed E-state index contributed by atoms with van der Waals surface area (Å²) in [4.78, 5) is 3.16. The maximum Gasteiger partial charge on any atom is 0.146 e. The van der Waals surface area contributed by atoms with Crippen LogP contribution in [0.1, 0.15) is 5.56 Å². The molecular weight excluding hydrogens is 405 g/mol. The molecule has 0 aliphatic rings. The van der Waals surface area contributed by atoms with Gasteiger partial charge in [-0.05, 0) is 64.0 Å². The first-order valence-electron chi connectivity index (χ1n) is 5.91. The van der Waals surface area contributed by atoms with Gasteiger partial charge in [0, 0.05) is 17.1 Å². The first-order chi connectivity index (χ1) is 9.74. The molecule has 1 heterocycles. The number of aromatic amines is 1. The number of halogens is 2. The Hall–Kier alpha value is -0.850. The number of fused-ring (bicyclic) bond motifs is 1. The molecule has 0 spiro atoms. The molecule has 2 aromatic carbocycles. The van der Waals surface area contributed by atoms with Gasteiger partial charge in [-0.1, -0.05) is 23.7 Å². The standard InChI is InChI=1S/C15H12ClNO.HIS/c1-10-5-6-12(16)15(9-10)18-14-4-2-3-13-11(14)7-8-17-13;1-2/h2-9,17H,1H3;2H. The van der Waals surface area contributed by atoms with E-state index in [2.05, 4.69) is 14.8 Å².